The van der Waals surface area contributed by atoms with Crippen LogP contribution in [0.3, 0.4) is 0 Å². The second-order valence-electron chi connectivity index (χ2n) is 4.69. The summed E-state index contributed by atoms with van der Waals surface area (Å²) in [5.74, 6) is -1.64. The molecule has 1 fully saturated rings. The van der Waals surface area contributed by atoms with E-state index >= 15 is 0 Å². The molecule has 1 aromatic rings. The van der Waals surface area contributed by atoms with Gasteiger partial charge in [-0.25, -0.2) is 8.78 Å². The molecule has 0 saturated heterocycles. The summed E-state index contributed by atoms with van der Waals surface area (Å²) in [7, 11) is -1.31. The number of hydrogen-bond acceptors (Lipinski definition) is 2. The average molecular weight is 273 g/mol. The molecule has 2 nitrogen and oxygen atoms in total. The fourth-order valence-electron chi connectivity index (χ4n) is 2.50. The summed E-state index contributed by atoms with van der Waals surface area (Å²) in [4.78, 5) is 0.360. The van der Waals surface area contributed by atoms with Crippen molar-refractivity contribution in [2.75, 3.05) is 6.54 Å². The van der Waals surface area contributed by atoms with Crippen LogP contribution in [0.2, 0.25) is 0 Å². The van der Waals surface area contributed by atoms with Gasteiger partial charge in [0.1, 0.15) is 0 Å². The van der Waals surface area contributed by atoms with Crippen molar-refractivity contribution in [1.82, 2.24) is 0 Å². The first-order valence-corrected chi connectivity index (χ1v) is 7.40. The summed E-state index contributed by atoms with van der Waals surface area (Å²) in [6, 6.07) is 3.47. The predicted molar refractivity (Wildman–Crippen MR) is 67.6 cm³/mol. The van der Waals surface area contributed by atoms with Gasteiger partial charge >= 0.3 is 0 Å². The Labute approximate surface area is 108 Å². The van der Waals surface area contributed by atoms with Crippen LogP contribution in [0.5, 0.6) is 0 Å². The van der Waals surface area contributed by atoms with Gasteiger partial charge in [-0.15, -0.1) is 0 Å². The van der Waals surface area contributed by atoms with E-state index < -0.39 is 22.4 Å². The third kappa shape index (κ3) is 2.78. The minimum atomic E-state index is -1.31. The Morgan fingerprint density at radius 3 is 2.61 bits per heavy atom. The summed E-state index contributed by atoms with van der Waals surface area (Å²) < 4.78 is 38.4. The molecule has 1 aliphatic carbocycles. The van der Waals surface area contributed by atoms with Gasteiger partial charge in [0, 0.05) is 10.1 Å². The van der Waals surface area contributed by atoms with Crippen molar-refractivity contribution in [2.45, 2.75) is 35.8 Å². The van der Waals surface area contributed by atoms with E-state index in [1.807, 2.05) is 0 Å². The Bertz CT molecular complexity index is 453. The maximum atomic E-state index is 13.2. The van der Waals surface area contributed by atoms with Crippen molar-refractivity contribution < 1.29 is 13.0 Å². The molecule has 1 saturated carbocycles. The van der Waals surface area contributed by atoms with Crippen molar-refractivity contribution in [3.05, 3.63) is 29.8 Å². The third-order valence-corrected chi connectivity index (χ3v) is 5.43. The predicted octanol–water partition coefficient (Wildman–Crippen LogP) is 2.59. The highest BCUT2D eigenvalue weighted by atomic mass is 32.2. The van der Waals surface area contributed by atoms with Crippen LogP contribution in [0.15, 0.2) is 23.1 Å². The molecular formula is C13H17F2NOS. The van der Waals surface area contributed by atoms with Crippen LogP contribution < -0.4 is 5.73 Å². The van der Waals surface area contributed by atoms with Crippen LogP contribution in [0, 0.1) is 17.6 Å². The van der Waals surface area contributed by atoms with Gasteiger partial charge in [0.15, 0.2) is 11.6 Å². The molecule has 0 radical (unpaired) electrons. The monoisotopic (exact) mass is 273 g/mol. The van der Waals surface area contributed by atoms with Crippen molar-refractivity contribution in [3.8, 4) is 0 Å². The molecule has 1 aromatic carbocycles. The molecule has 100 valence electrons. The second kappa shape index (κ2) is 5.89. The Hall–Kier alpha value is -0.810. The van der Waals surface area contributed by atoms with Crippen LogP contribution in [0.25, 0.3) is 0 Å². The summed E-state index contributed by atoms with van der Waals surface area (Å²) in [6.45, 7) is 0.500. The van der Waals surface area contributed by atoms with E-state index in [-0.39, 0.29) is 11.2 Å². The highest BCUT2D eigenvalue weighted by molar-refractivity contribution is 7.85. The lowest BCUT2D eigenvalue weighted by Gasteiger charge is -2.29. The smallest absolute Gasteiger partial charge is 0.160 e. The second-order valence-corrected chi connectivity index (χ2v) is 6.36. The SMILES string of the molecule is NCC1CCCCC1S(=O)c1ccc(F)c(F)c1. The molecule has 1 aliphatic rings. The normalized spacial score (nSPS) is 25.9. The number of rotatable bonds is 3. The van der Waals surface area contributed by atoms with Crippen molar-refractivity contribution in [1.29, 1.82) is 0 Å². The van der Waals surface area contributed by atoms with Crippen molar-refractivity contribution in [3.63, 3.8) is 0 Å². The summed E-state index contributed by atoms with van der Waals surface area (Å²) in [5, 5.41) is -0.0337. The van der Waals surface area contributed by atoms with Crippen molar-refractivity contribution >= 4 is 10.8 Å². The maximum Gasteiger partial charge on any atom is 0.160 e. The van der Waals surface area contributed by atoms with Crippen LogP contribution in [0.1, 0.15) is 25.7 Å². The van der Waals surface area contributed by atoms with E-state index in [4.69, 9.17) is 5.73 Å². The maximum absolute atomic E-state index is 13.2. The molecule has 2 rings (SSSR count). The van der Waals surface area contributed by atoms with Gasteiger partial charge in [0.2, 0.25) is 0 Å². The topological polar surface area (TPSA) is 43.1 Å². The lowest BCUT2D eigenvalue weighted by Crippen LogP contribution is -2.34. The lowest BCUT2D eigenvalue weighted by molar-refractivity contribution is 0.372. The van der Waals surface area contributed by atoms with Gasteiger partial charge in [-0.05, 0) is 43.5 Å². The van der Waals surface area contributed by atoms with E-state index in [0.717, 1.165) is 37.8 Å². The number of hydrogen-bond donors (Lipinski definition) is 1. The number of halogens is 2. The first kappa shape index (κ1) is 13.6. The summed E-state index contributed by atoms with van der Waals surface area (Å²) in [5.41, 5.74) is 5.70. The minimum absolute atomic E-state index is 0.0337. The van der Waals surface area contributed by atoms with Gasteiger partial charge in [0.05, 0.1) is 10.8 Å². The molecule has 5 heteroatoms. The molecule has 3 atom stereocenters. The lowest BCUT2D eigenvalue weighted by atomic mass is 9.89. The minimum Gasteiger partial charge on any atom is -0.330 e. The van der Waals surface area contributed by atoms with Gasteiger partial charge in [-0.1, -0.05) is 12.8 Å². The molecular weight excluding hydrogens is 256 g/mol. The first-order chi connectivity index (χ1) is 8.63. The third-order valence-electron chi connectivity index (χ3n) is 3.54. The van der Waals surface area contributed by atoms with E-state index in [1.165, 1.54) is 6.07 Å². The molecule has 0 aromatic heterocycles. The van der Waals surface area contributed by atoms with Crippen LogP contribution in [-0.4, -0.2) is 16.0 Å². The number of nitrogens with two attached hydrogens (primary N) is 1. The zero-order valence-corrected chi connectivity index (χ0v) is 10.9. The number of benzene rings is 1. The molecule has 3 unspecified atom stereocenters. The van der Waals surface area contributed by atoms with Gasteiger partial charge < -0.3 is 5.73 Å². The fraction of sp³-hybridized carbons (Fsp3) is 0.538. The summed E-state index contributed by atoms with van der Waals surface area (Å²) >= 11 is 0. The van der Waals surface area contributed by atoms with Crippen LogP contribution in [0.4, 0.5) is 8.78 Å². The quantitative estimate of drug-likeness (QED) is 0.920. The molecule has 0 spiro atoms. The molecule has 0 aliphatic heterocycles. The fourth-order valence-corrected chi connectivity index (χ4v) is 4.25. The average Bonchev–Trinajstić information content (AvgIpc) is 2.41. The molecule has 2 N–H and O–H groups in total. The van der Waals surface area contributed by atoms with E-state index in [0.29, 0.717) is 11.4 Å². The van der Waals surface area contributed by atoms with Gasteiger partial charge in [0.25, 0.3) is 0 Å². The Balaban J connectivity index is 2.21. The van der Waals surface area contributed by atoms with Gasteiger partial charge in [-0.2, -0.15) is 0 Å². The molecule has 0 heterocycles. The first-order valence-electron chi connectivity index (χ1n) is 6.19. The van der Waals surface area contributed by atoms with E-state index in [2.05, 4.69) is 0 Å². The van der Waals surface area contributed by atoms with Crippen LogP contribution >= 0.6 is 0 Å². The largest absolute Gasteiger partial charge is 0.330 e. The van der Waals surface area contributed by atoms with Crippen molar-refractivity contribution in [2.24, 2.45) is 11.7 Å². The zero-order valence-electron chi connectivity index (χ0n) is 10.1. The summed E-state index contributed by atoms with van der Waals surface area (Å²) in [6.07, 6.45) is 3.94. The standard InChI is InChI=1S/C13H17F2NOS/c14-11-6-5-10(7-12(11)15)18(17)13-4-2-1-3-9(13)8-16/h5-7,9,13H,1-4,8,16H2. The highest BCUT2D eigenvalue weighted by Crippen LogP contribution is 2.30. The van der Waals surface area contributed by atoms with E-state index in [1.54, 1.807) is 0 Å². The van der Waals surface area contributed by atoms with Gasteiger partial charge in [-0.3, -0.25) is 4.21 Å². The molecule has 18 heavy (non-hydrogen) atoms. The molecule has 0 bridgehead atoms. The highest BCUT2D eigenvalue weighted by Gasteiger charge is 2.29. The zero-order chi connectivity index (χ0) is 13.1. The molecule has 0 amide bonds. The van der Waals surface area contributed by atoms with E-state index in [9.17, 15) is 13.0 Å². The van der Waals surface area contributed by atoms with Crippen LogP contribution in [-0.2, 0) is 10.8 Å². The Morgan fingerprint density at radius 1 is 1.22 bits per heavy atom. The Morgan fingerprint density at radius 2 is 1.94 bits per heavy atom. The Kier molecular flexibility index (Phi) is 4.45.